The molecule has 1 amide bonds. The first-order chi connectivity index (χ1) is 12.1. The van der Waals surface area contributed by atoms with Crippen LogP contribution in [0.4, 0.5) is 10.5 Å². The molecule has 0 saturated heterocycles. The van der Waals surface area contributed by atoms with E-state index in [1.54, 1.807) is 7.05 Å². The van der Waals surface area contributed by atoms with E-state index in [4.69, 9.17) is 11.6 Å². The number of nitrogens with one attached hydrogen (secondary N) is 3. The monoisotopic (exact) mass is 488 g/mol. The number of amides is 1. The van der Waals surface area contributed by atoms with Crippen molar-refractivity contribution in [1.82, 2.24) is 10.6 Å². The molecule has 2 aromatic carbocycles. The van der Waals surface area contributed by atoms with Crippen LogP contribution in [0.15, 0.2) is 53.5 Å². The van der Waals surface area contributed by atoms with Crippen molar-refractivity contribution in [3.8, 4) is 0 Å². The van der Waals surface area contributed by atoms with Gasteiger partial charge in [-0.15, -0.1) is 24.0 Å². The predicted octanol–water partition coefficient (Wildman–Crippen LogP) is 4.00. The van der Waals surface area contributed by atoms with Crippen molar-refractivity contribution in [2.24, 2.45) is 4.99 Å². The molecular formula is C18H22ClIN4O2. The van der Waals surface area contributed by atoms with E-state index in [-0.39, 0.29) is 24.0 Å². The molecule has 8 heteroatoms. The Morgan fingerprint density at radius 1 is 1.08 bits per heavy atom. The largest absolute Gasteiger partial charge is 0.453 e. The van der Waals surface area contributed by atoms with Crippen molar-refractivity contribution in [3.63, 3.8) is 0 Å². The van der Waals surface area contributed by atoms with Crippen LogP contribution in [-0.4, -0.2) is 26.2 Å². The van der Waals surface area contributed by atoms with Crippen LogP contribution in [0.25, 0.3) is 0 Å². The molecule has 0 radical (unpaired) electrons. The SMILES string of the molecule is CN=C(NCc1ccc(NC(=O)OC)cc1)NCc1ccccc1Cl.I. The number of benzene rings is 2. The van der Waals surface area contributed by atoms with Crippen LogP contribution >= 0.6 is 35.6 Å². The van der Waals surface area contributed by atoms with E-state index in [2.05, 4.69) is 25.7 Å². The van der Waals surface area contributed by atoms with Crippen molar-refractivity contribution in [3.05, 3.63) is 64.7 Å². The van der Waals surface area contributed by atoms with Crippen LogP contribution in [0.5, 0.6) is 0 Å². The van der Waals surface area contributed by atoms with Gasteiger partial charge in [0.05, 0.1) is 7.11 Å². The summed E-state index contributed by atoms with van der Waals surface area (Å²) in [5.41, 5.74) is 2.73. The van der Waals surface area contributed by atoms with Gasteiger partial charge in [-0.1, -0.05) is 41.9 Å². The Labute approximate surface area is 175 Å². The second kappa shape index (κ2) is 11.6. The molecule has 2 rings (SSSR count). The number of aliphatic imine (C=N–C) groups is 1. The third-order valence-electron chi connectivity index (χ3n) is 3.47. The average Bonchev–Trinajstić information content (AvgIpc) is 2.64. The normalized spacial score (nSPS) is 10.5. The van der Waals surface area contributed by atoms with Gasteiger partial charge in [0.25, 0.3) is 0 Å². The number of hydrogen-bond acceptors (Lipinski definition) is 3. The molecular weight excluding hydrogens is 467 g/mol. The number of carbonyl (C=O) groups excluding carboxylic acids is 1. The molecule has 0 aliphatic heterocycles. The van der Waals surface area contributed by atoms with Crippen LogP contribution in [0.3, 0.4) is 0 Å². The van der Waals surface area contributed by atoms with E-state index in [1.807, 2.05) is 48.5 Å². The highest BCUT2D eigenvalue weighted by molar-refractivity contribution is 14.0. The summed E-state index contributed by atoms with van der Waals surface area (Å²) in [5, 5.41) is 9.78. The van der Waals surface area contributed by atoms with Gasteiger partial charge in [0, 0.05) is 30.8 Å². The third kappa shape index (κ3) is 7.09. The van der Waals surface area contributed by atoms with Gasteiger partial charge in [-0.25, -0.2) is 4.79 Å². The fourth-order valence-electron chi connectivity index (χ4n) is 2.10. The van der Waals surface area contributed by atoms with E-state index < -0.39 is 6.09 Å². The summed E-state index contributed by atoms with van der Waals surface area (Å²) in [4.78, 5) is 15.3. The number of halogens is 2. The number of guanidine groups is 1. The first-order valence-corrected chi connectivity index (χ1v) is 8.12. The number of ether oxygens (including phenoxy) is 1. The maximum Gasteiger partial charge on any atom is 0.411 e. The van der Waals surface area contributed by atoms with E-state index in [0.29, 0.717) is 24.7 Å². The molecule has 3 N–H and O–H groups in total. The summed E-state index contributed by atoms with van der Waals surface area (Å²) in [6, 6.07) is 15.1. The Morgan fingerprint density at radius 3 is 2.35 bits per heavy atom. The predicted molar refractivity (Wildman–Crippen MR) is 116 cm³/mol. The molecule has 0 saturated carbocycles. The number of methoxy groups -OCH3 is 1. The molecule has 0 aliphatic rings. The van der Waals surface area contributed by atoms with E-state index in [0.717, 1.165) is 16.1 Å². The highest BCUT2D eigenvalue weighted by Crippen LogP contribution is 2.14. The minimum atomic E-state index is -0.491. The summed E-state index contributed by atoms with van der Waals surface area (Å²) in [7, 11) is 3.04. The molecule has 6 nitrogen and oxygen atoms in total. The molecule has 0 atom stereocenters. The van der Waals surface area contributed by atoms with Crippen molar-refractivity contribution in [2.45, 2.75) is 13.1 Å². The van der Waals surface area contributed by atoms with Gasteiger partial charge in [0.2, 0.25) is 0 Å². The number of rotatable bonds is 5. The van der Waals surface area contributed by atoms with Gasteiger partial charge in [-0.3, -0.25) is 10.3 Å². The lowest BCUT2D eigenvalue weighted by Crippen LogP contribution is -2.36. The first kappa shape index (κ1) is 22.0. The maximum atomic E-state index is 11.2. The second-order valence-corrected chi connectivity index (χ2v) is 5.59. The summed E-state index contributed by atoms with van der Waals surface area (Å²) in [6.45, 7) is 1.18. The zero-order chi connectivity index (χ0) is 18.1. The fourth-order valence-corrected chi connectivity index (χ4v) is 2.30. The zero-order valence-electron chi connectivity index (χ0n) is 14.6. The van der Waals surface area contributed by atoms with Crippen LogP contribution < -0.4 is 16.0 Å². The number of hydrogen-bond donors (Lipinski definition) is 3. The topological polar surface area (TPSA) is 74.8 Å². The lowest BCUT2D eigenvalue weighted by Gasteiger charge is -2.13. The number of anilines is 1. The minimum absolute atomic E-state index is 0. The summed E-state index contributed by atoms with van der Waals surface area (Å²) in [5.74, 6) is 0.677. The molecule has 2 aromatic rings. The van der Waals surface area contributed by atoms with Gasteiger partial charge in [0.15, 0.2) is 5.96 Å². The van der Waals surface area contributed by atoms with Gasteiger partial charge in [-0.05, 0) is 29.3 Å². The molecule has 0 unspecified atom stereocenters. The lowest BCUT2D eigenvalue weighted by atomic mass is 10.2. The van der Waals surface area contributed by atoms with Crippen molar-refractivity contribution >= 4 is 53.3 Å². The summed E-state index contributed by atoms with van der Waals surface area (Å²) < 4.78 is 4.55. The number of nitrogens with zero attached hydrogens (tertiary/aromatic N) is 1. The molecule has 0 bridgehead atoms. The molecule has 0 aromatic heterocycles. The van der Waals surface area contributed by atoms with Crippen molar-refractivity contribution in [2.75, 3.05) is 19.5 Å². The van der Waals surface area contributed by atoms with Crippen LogP contribution in [0.1, 0.15) is 11.1 Å². The number of carbonyl (C=O) groups is 1. The first-order valence-electron chi connectivity index (χ1n) is 7.74. The standard InChI is InChI=1S/C18H21ClN4O2.HI/c1-20-17(22-12-14-5-3-4-6-16(14)19)21-11-13-7-9-15(10-8-13)23-18(24)25-2;/h3-10H,11-12H2,1-2H3,(H,23,24)(H2,20,21,22);1H. The Balaban J connectivity index is 0.00000338. The zero-order valence-corrected chi connectivity index (χ0v) is 17.7. The molecule has 0 fully saturated rings. The fraction of sp³-hybridized carbons (Fsp3) is 0.222. The second-order valence-electron chi connectivity index (χ2n) is 5.18. The van der Waals surface area contributed by atoms with Crippen LogP contribution in [0, 0.1) is 0 Å². The maximum absolute atomic E-state index is 11.2. The molecule has 0 aliphatic carbocycles. The van der Waals surface area contributed by atoms with Crippen LogP contribution in [-0.2, 0) is 17.8 Å². The lowest BCUT2D eigenvalue weighted by molar-refractivity contribution is 0.187. The molecule has 140 valence electrons. The Hall–Kier alpha value is -2.00. The molecule has 0 spiro atoms. The average molecular weight is 489 g/mol. The summed E-state index contributed by atoms with van der Waals surface area (Å²) in [6.07, 6.45) is -0.491. The van der Waals surface area contributed by atoms with Gasteiger partial charge < -0.3 is 15.4 Å². The van der Waals surface area contributed by atoms with Gasteiger partial charge in [0.1, 0.15) is 0 Å². The summed E-state index contributed by atoms with van der Waals surface area (Å²) >= 11 is 6.15. The highest BCUT2D eigenvalue weighted by atomic mass is 127. The quantitative estimate of drug-likeness (QED) is 0.338. The Bertz CT molecular complexity index is 738. The highest BCUT2D eigenvalue weighted by Gasteiger charge is 2.03. The Kier molecular flexibility index (Phi) is 9.82. The van der Waals surface area contributed by atoms with E-state index >= 15 is 0 Å². The van der Waals surface area contributed by atoms with Crippen molar-refractivity contribution in [1.29, 1.82) is 0 Å². The van der Waals surface area contributed by atoms with Gasteiger partial charge in [-0.2, -0.15) is 0 Å². The third-order valence-corrected chi connectivity index (χ3v) is 3.84. The molecule has 26 heavy (non-hydrogen) atoms. The molecule has 0 heterocycles. The van der Waals surface area contributed by atoms with Crippen LogP contribution in [0.2, 0.25) is 5.02 Å². The van der Waals surface area contributed by atoms with E-state index in [1.165, 1.54) is 7.11 Å². The smallest absolute Gasteiger partial charge is 0.411 e. The Morgan fingerprint density at radius 2 is 1.73 bits per heavy atom. The van der Waals surface area contributed by atoms with Crippen molar-refractivity contribution < 1.29 is 9.53 Å². The van der Waals surface area contributed by atoms with E-state index in [9.17, 15) is 4.79 Å². The minimum Gasteiger partial charge on any atom is -0.453 e. The van der Waals surface area contributed by atoms with Gasteiger partial charge >= 0.3 is 6.09 Å².